The lowest BCUT2D eigenvalue weighted by atomic mass is 9.78. The van der Waals surface area contributed by atoms with Crippen molar-refractivity contribution in [2.24, 2.45) is 81.2 Å². The molecule has 1 aromatic carbocycles. The van der Waals surface area contributed by atoms with Crippen molar-refractivity contribution >= 4 is 92.8 Å². The highest BCUT2D eigenvalue weighted by Gasteiger charge is 2.55. The third kappa shape index (κ3) is 24.4. The number of H-pyrrole nitrogens is 1. The SMILES string of the molecule is NC(=O)CC[C@H](N)C(=O)N1C[C@H](CCCB(O)O)[C@](N)(C(=O)O)C1.NCCCC[C@H](N)C(=O)N1C[C@H](CCCB(O)O)[C@](N)(C(=O)O)C1.N[C@@H](Cc1c[nH]c2ccccc12)C(=O)N1C[C@H](CCCB(O)O)[C@](N)(C(=O)O)C1.N[C@@]1(C(=O)O)CN(C(=O)[C@H]2CCCOC2)C[C@@H]1CCCB(O)O. The number of hydrogen-bond donors (Lipinski definition) is 22. The van der Waals surface area contributed by atoms with Gasteiger partial charge in [0.05, 0.1) is 30.7 Å². The van der Waals surface area contributed by atoms with Crippen molar-refractivity contribution in [2.45, 2.75) is 168 Å². The zero-order valence-electron chi connectivity index (χ0n) is 56.7. The number of hydrogen-bond acceptors (Lipinski definition) is 26. The Morgan fingerprint density at radius 2 is 0.900 bits per heavy atom. The predicted octanol–water partition coefficient (Wildman–Crippen LogP) is -6.55. The molecule has 36 nitrogen and oxygen atoms in total. The van der Waals surface area contributed by atoms with Crippen LogP contribution < -0.4 is 51.6 Å². The molecule has 5 saturated heterocycles. The molecular formula is C60H106B4N14O22. The average Bonchev–Trinajstić information content (AvgIpc) is 1.66. The highest BCUT2D eigenvalue weighted by Crippen LogP contribution is 2.36. The summed E-state index contributed by atoms with van der Waals surface area (Å²) < 4.78 is 5.33. The molecule has 5 aliphatic heterocycles. The normalized spacial score (nSPS) is 25.7. The quantitative estimate of drug-likeness (QED) is 0.0233. The number of unbranched alkanes of at least 4 members (excludes halogenated alkanes) is 1. The number of rotatable bonds is 33. The number of carbonyl (C=O) groups is 9. The lowest BCUT2D eigenvalue weighted by Gasteiger charge is -2.27. The number of amides is 5. The Balaban J connectivity index is 0.000000284. The maximum absolute atomic E-state index is 12.9. The number of carboxylic acids is 4. The van der Waals surface area contributed by atoms with E-state index in [-0.39, 0.29) is 108 Å². The molecule has 40 heteroatoms. The third-order valence-corrected chi connectivity index (χ3v) is 19.6. The lowest BCUT2D eigenvalue weighted by molar-refractivity contribution is -0.146. The Morgan fingerprint density at radius 1 is 0.530 bits per heavy atom. The van der Waals surface area contributed by atoms with Crippen LogP contribution in [0.3, 0.4) is 0 Å². The van der Waals surface area contributed by atoms with Crippen LogP contribution in [0.1, 0.15) is 102 Å². The second-order valence-corrected chi connectivity index (χ2v) is 27.3. The number of benzene rings is 1. The van der Waals surface area contributed by atoms with E-state index in [1.807, 2.05) is 30.5 Å². The zero-order valence-corrected chi connectivity index (χ0v) is 56.7. The largest absolute Gasteiger partial charge is 0.480 e. The van der Waals surface area contributed by atoms with Gasteiger partial charge in [-0.05, 0) is 108 Å². The lowest BCUT2D eigenvalue weighted by Crippen LogP contribution is -2.55. The van der Waals surface area contributed by atoms with Crippen molar-refractivity contribution in [3.05, 3.63) is 36.0 Å². The van der Waals surface area contributed by atoms with Crippen molar-refractivity contribution in [3.63, 3.8) is 0 Å². The summed E-state index contributed by atoms with van der Waals surface area (Å²) >= 11 is 0. The van der Waals surface area contributed by atoms with Gasteiger partial charge >= 0.3 is 52.4 Å². The summed E-state index contributed by atoms with van der Waals surface area (Å²) in [5, 5.41) is 110. The van der Waals surface area contributed by atoms with E-state index in [0.717, 1.165) is 42.1 Å². The number of aromatic nitrogens is 1. The number of para-hydroxylation sites is 1. The third-order valence-electron chi connectivity index (χ3n) is 19.6. The number of primary amides is 1. The molecule has 6 heterocycles. The van der Waals surface area contributed by atoms with Crippen LogP contribution in [0.2, 0.25) is 25.3 Å². The van der Waals surface area contributed by atoms with E-state index in [2.05, 4.69) is 4.98 Å². The molecule has 5 amide bonds. The number of nitrogens with one attached hydrogen (secondary N) is 1. The molecule has 100 heavy (non-hydrogen) atoms. The van der Waals surface area contributed by atoms with Gasteiger partial charge in [-0.25, -0.2) is 0 Å². The number of ether oxygens (including phenoxy) is 1. The molecule has 0 spiro atoms. The van der Waals surface area contributed by atoms with E-state index < -0.39 is 128 Å². The molecule has 1 aromatic heterocycles. The van der Waals surface area contributed by atoms with Gasteiger partial charge in [-0.3, -0.25) is 43.2 Å². The summed E-state index contributed by atoms with van der Waals surface area (Å²) in [6, 6.07) is 5.27. The molecular weight excluding hydrogens is 1310 g/mol. The number of aromatic amines is 1. The van der Waals surface area contributed by atoms with Crippen LogP contribution >= 0.6 is 0 Å². The highest BCUT2D eigenvalue weighted by molar-refractivity contribution is 6.41. The fourth-order valence-corrected chi connectivity index (χ4v) is 13.6. The van der Waals surface area contributed by atoms with Crippen molar-refractivity contribution in [2.75, 3.05) is 72.1 Å². The van der Waals surface area contributed by atoms with Crippen LogP contribution in [0.25, 0.3) is 10.9 Å². The molecule has 2 aromatic rings. The van der Waals surface area contributed by atoms with Gasteiger partial charge in [-0.15, -0.1) is 0 Å². The standard InChI is InChI=1S/C19H27BN4O5.C14H29BN4O5.C14H25BN2O6.C13H25BN4O6/c21-15(8-12-9-23-16-6-2-1-5-14(12)16)17(25)24-10-13(4-3-7-20(28)29)19(22,11-24)18(26)27;16-7-2-1-5-11(17)12(20)19-8-10(4-3-6-15(23)24)14(18,9-19)13(21)22;16-14(13(19)20)9-17(7-11(14)4-1-5-15(21)22)12(18)10-3-2-6-23-8-10;15-9(3-4-10(16)19)11(20)18-6-8(2-1-5-14(23)24)13(17,7-18)12(21)22/h1-2,5-6,9,13,15,23,28-29H,3-4,7-8,10-11,21-22H2,(H,26,27);10-11,23-24H,1-9,16-18H2,(H,21,22);10-11,21-22H,1-9,16H2,(H,19,20);8-9,23-24H,1-7,15,17H2,(H2,16,19)(H,21,22)/t13-,15-,19-;2*10-,11-,14-;8-,9-,13-/m0000/s1. The van der Waals surface area contributed by atoms with Crippen LogP contribution in [0.5, 0.6) is 0 Å². The fourth-order valence-electron chi connectivity index (χ4n) is 13.6. The van der Waals surface area contributed by atoms with Crippen LogP contribution in [-0.4, -0.2) is 279 Å². The van der Waals surface area contributed by atoms with Crippen LogP contribution in [0.15, 0.2) is 30.5 Å². The molecule has 12 atom stereocenters. The Morgan fingerprint density at radius 3 is 1.26 bits per heavy atom. The summed E-state index contributed by atoms with van der Waals surface area (Å²) in [5.74, 6) is -8.54. The van der Waals surface area contributed by atoms with Crippen molar-refractivity contribution in [1.82, 2.24) is 24.6 Å². The smallest absolute Gasteiger partial charge is 0.451 e. The number of aliphatic carboxylic acids is 4. The summed E-state index contributed by atoms with van der Waals surface area (Å²) in [4.78, 5) is 116. The van der Waals surface area contributed by atoms with Gasteiger partial charge in [-0.2, -0.15) is 0 Å². The van der Waals surface area contributed by atoms with Crippen molar-refractivity contribution in [3.8, 4) is 0 Å². The van der Waals surface area contributed by atoms with E-state index >= 15 is 0 Å². The maximum Gasteiger partial charge on any atom is 0.451 e. The highest BCUT2D eigenvalue weighted by atomic mass is 16.5. The molecule has 0 unspecified atom stereocenters. The van der Waals surface area contributed by atoms with Gasteiger partial charge < -0.3 is 142 Å². The number of likely N-dealkylation sites (tertiary alicyclic amines) is 4. The van der Waals surface area contributed by atoms with Gasteiger partial charge in [0.2, 0.25) is 29.5 Å². The summed E-state index contributed by atoms with van der Waals surface area (Å²) in [5.41, 5.74) is 48.2. The number of carboxylic acid groups (broad SMARTS) is 4. The van der Waals surface area contributed by atoms with E-state index in [9.17, 15) is 63.6 Å². The van der Waals surface area contributed by atoms with E-state index in [0.29, 0.717) is 90.5 Å². The Kier molecular flexibility index (Phi) is 34.3. The zero-order chi connectivity index (χ0) is 75.0. The molecule has 560 valence electrons. The molecule has 5 fully saturated rings. The van der Waals surface area contributed by atoms with Gasteiger partial charge in [0.25, 0.3) is 0 Å². The van der Waals surface area contributed by atoms with E-state index in [4.69, 9.17) is 96.5 Å². The number of carbonyl (C=O) groups excluding carboxylic acids is 5. The van der Waals surface area contributed by atoms with Crippen LogP contribution in [0, 0.1) is 29.6 Å². The minimum absolute atomic E-state index is 0.00991. The fraction of sp³-hybridized carbons (Fsp3) is 0.717. The van der Waals surface area contributed by atoms with Crippen molar-refractivity contribution in [1.29, 1.82) is 0 Å². The monoisotopic (exact) mass is 1420 g/mol. The molecule has 0 aliphatic carbocycles. The van der Waals surface area contributed by atoms with Gasteiger partial charge in [0, 0.05) is 106 Å². The molecule has 0 radical (unpaired) electrons. The average molecular weight is 1420 g/mol. The van der Waals surface area contributed by atoms with Gasteiger partial charge in [0.15, 0.2) is 0 Å². The molecule has 5 aliphatic rings. The summed E-state index contributed by atoms with van der Waals surface area (Å²) in [6.07, 6.45) is 9.49. The molecule has 31 N–H and O–H groups in total. The Labute approximate surface area is 581 Å². The molecule has 0 saturated carbocycles. The first kappa shape index (κ1) is 86.0. The number of fused-ring (bicyclic) bond motifs is 1. The van der Waals surface area contributed by atoms with Crippen LogP contribution in [-0.2, 0) is 54.3 Å². The number of nitrogens with two attached hydrogens (primary N) is 9. The number of nitrogens with zero attached hydrogens (tertiary/aromatic N) is 4. The first-order chi connectivity index (χ1) is 46.9. The summed E-state index contributed by atoms with van der Waals surface area (Å²) in [6.45, 7) is 1.99. The second kappa shape index (κ2) is 39.8. The van der Waals surface area contributed by atoms with Crippen LogP contribution in [0.4, 0.5) is 0 Å². The topological polar surface area (TPSA) is 669 Å². The molecule has 0 bridgehead atoms. The minimum Gasteiger partial charge on any atom is -0.480 e. The summed E-state index contributed by atoms with van der Waals surface area (Å²) in [7, 11) is -5.76. The minimum atomic E-state index is -1.61. The first-order valence-corrected chi connectivity index (χ1v) is 33.9. The Hall–Kier alpha value is -6.43. The van der Waals surface area contributed by atoms with E-state index in [1.54, 1.807) is 0 Å². The second-order valence-electron chi connectivity index (χ2n) is 27.3. The van der Waals surface area contributed by atoms with Gasteiger partial charge in [0.1, 0.15) is 22.2 Å². The maximum atomic E-state index is 12.9. The Bertz CT molecular complexity index is 3020. The van der Waals surface area contributed by atoms with Gasteiger partial charge in [-0.1, -0.05) is 50.3 Å². The predicted molar refractivity (Wildman–Crippen MR) is 366 cm³/mol. The molecule has 7 rings (SSSR count). The van der Waals surface area contributed by atoms with E-state index in [1.165, 1.54) is 19.6 Å². The van der Waals surface area contributed by atoms with Crippen molar-refractivity contribution < 1.29 is 109 Å². The first-order valence-electron chi connectivity index (χ1n) is 33.9.